The summed E-state index contributed by atoms with van der Waals surface area (Å²) in [6.07, 6.45) is 2.80. The average molecular weight is 484 g/mol. The summed E-state index contributed by atoms with van der Waals surface area (Å²) >= 11 is 1.44. The Morgan fingerprint density at radius 1 is 1.00 bits per heavy atom. The molecular weight excluding hydrogens is 458 g/mol. The van der Waals surface area contributed by atoms with E-state index in [2.05, 4.69) is 21.3 Å². The van der Waals surface area contributed by atoms with Crippen molar-refractivity contribution in [3.05, 3.63) is 99.5 Å². The van der Waals surface area contributed by atoms with Gasteiger partial charge in [0.05, 0.1) is 17.9 Å². The van der Waals surface area contributed by atoms with Crippen LogP contribution in [0.3, 0.4) is 0 Å². The highest BCUT2D eigenvalue weighted by molar-refractivity contribution is 7.18. The van der Waals surface area contributed by atoms with Crippen LogP contribution in [0.5, 0.6) is 0 Å². The number of benzene rings is 1. The van der Waals surface area contributed by atoms with Crippen molar-refractivity contribution in [3.63, 3.8) is 0 Å². The number of hydrogen-bond donors (Lipinski definition) is 1. The van der Waals surface area contributed by atoms with Crippen molar-refractivity contribution in [2.45, 2.75) is 25.4 Å². The standard InChI is InChI=1S/C27H25N5O2S/c33-23-11-6-10-22-20-13-18(16-32(22)23)15-31(17-20)27-30-24(19-7-2-1-3-8-19)25(35-27)26(34)29-14-21-9-4-5-12-28-21/h1-12,18,20H,13-17H2,(H,29,34). The smallest absolute Gasteiger partial charge is 0.264 e. The van der Waals surface area contributed by atoms with Gasteiger partial charge in [0, 0.05) is 49.1 Å². The molecule has 2 aliphatic rings. The largest absolute Gasteiger partial charge is 0.347 e. The SMILES string of the molecule is O=C(NCc1ccccn1)c1sc(N2CC3CC(C2)c2cccc(=O)n2C3)nc1-c1ccccc1. The Labute approximate surface area is 207 Å². The summed E-state index contributed by atoms with van der Waals surface area (Å²) in [6.45, 7) is 2.71. The van der Waals surface area contributed by atoms with E-state index in [0.29, 0.717) is 23.0 Å². The van der Waals surface area contributed by atoms with Crippen molar-refractivity contribution in [1.29, 1.82) is 0 Å². The molecule has 0 spiro atoms. The molecule has 176 valence electrons. The number of anilines is 1. The van der Waals surface area contributed by atoms with Crippen molar-refractivity contribution < 1.29 is 4.79 Å². The minimum Gasteiger partial charge on any atom is -0.347 e. The quantitative estimate of drug-likeness (QED) is 0.465. The van der Waals surface area contributed by atoms with Crippen LogP contribution in [0.15, 0.2) is 77.7 Å². The highest BCUT2D eigenvalue weighted by Crippen LogP contribution is 2.40. The molecule has 0 aliphatic carbocycles. The van der Waals surface area contributed by atoms with Crippen LogP contribution >= 0.6 is 11.3 Å². The van der Waals surface area contributed by atoms with Gasteiger partial charge in [-0.05, 0) is 30.5 Å². The fourth-order valence-electron chi connectivity index (χ4n) is 5.20. The number of piperidine rings is 1. The second-order valence-corrected chi connectivity index (χ2v) is 10.1. The van der Waals surface area contributed by atoms with E-state index in [1.807, 2.05) is 59.2 Å². The van der Waals surface area contributed by atoms with Gasteiger partial charge >= 0.3 is 0 Å². The Morgan fingerprint density at radius 3 is 2.69 bits per heavy atom. The lowest BCUT2D eigenvalue weighted by Crippen LogP contribution is -2.47. The van der Waals surface area contributed by atoms with Crippen LogP contribution < -0.4 is 15.8 Å². The molecule has 2 bridgehead atoms. The molecule has 1 N–H and O–H groups in total. The van der Waals surface area contributed by atoms with Gasteiger partial charge in [0.1, 0.15) is 4.88 Å². The van der Waals surface area contributed by atoms with Crippen molar-refractivity contribution in [2.24, 2.45) is 5.92 Å². The average Bonchev–Trinajstić information content (AvgIpc) is 3.35. The van der Waals surface area contributed by atoms with E-state index in [1.165, 1.54) is 11.3 Å². The molecule has 4 aromatic rings. The Balaban J connectivity index is 1.31. The number of carbonyl (C=O) groups excluding carboxylic acids is 1. The Morgan fingerprint density at radius 2 is 1.86 bits per heavy atom. The van der Waals surface area contributed by atoms with Gasteiger partial charge in [0.2, 0.25) is 0 Å². The maximum Gasteiger partial charge on any atom is 0.264 e. The number of amides is 1. The predicted molar refractivity (Wildman–Crippen MR) is 137 cm³/mol. The molecule has 1 amide bonds. The van der Waals surface area contributed by atoms with Crippen LogP contribution in [-0.2, 0) is 13.1 Å². The molecule has 0 radical (unpaired) electrons. The van der Waals surface area contributed by atoms with E-state index in [0.717, 1.165) is 48.1 Å². The topological polar surface area (TPSA) is 80.1 Å². The Bertz CT molecular complexity index is 1420. The van der Waals surface area contributed by atoms with Crippen molar-refractivity contribution in [2.75, 3.05) is 18.0 Å². The summed E-state index contributed by atoms with van der Waals surface area (Å²) in [7, 11) is 0. The van der Waals surface area contributed by atoms with Gasteiger partial charge < -0.3 is 14.8 Å². The lowest BCUT2D eigenvalue weighted by molar-refractivity contribution is 0.0955. The van der Waals surface area contributed by atoms with E-state index in [9.17, 15) is 9.59 Å². The highest BCUT2D eigenvalue weighted by atomic mass is 32.1. The number of aromatic nitrogens is 3. The lowest BCUT2D eigenvalue weighted by Gasteiger charge is -2.42. The van der Waals surface area contributed by atoms with Gasteiger partial charge in [-0.1, -0.05) is 53.8 Å². The predicted octanol–water partition coefficient (Wildman–Crippen LogP) is 3.92. The first kappa shape index (κ1) is 21.7. The molecule has 0 saturated carbocycles. The Hall–Kier alpha value is -3.78. The fourth-order valence-corrected chi connectivity index (χ4v) is 6.22. The third kappa shape index (κ3) is 4.25. The zero-order chi connectivity index (χ0) is 23.8. The van der Waals surface area contributed by atoms with Crippen LogP contribution in [0.25, 0.3) is 11.3 Å². The van der Waals surface area contributed by atoms with Crippen molar-refractivity contribution >= 4 is 22.4 Å². The van der Waals surface area contributed by atoms with Gasteiger partial charge in [-0.15, -0.1) is 0 Å². The number of pyridine rings is 2. The van der Waals surface area contributed by atoms with Gasteiger partial charge in [0.25, 0.3) is 11.5 Å². The number of carbonyl (C=O) groups is 1. The first-order valence-electron chi connectivity index (χ1n) is 11.8. The van der Waals surface area contributed by atoms with E-state index in [4.69, 9.17) is 4.98 Å². The molecular formula is C27H25N5O2S. The monoisotopic (exact) mass is 483 g/mol. The maximum absolute atomic E-state index is 13.3. The molecule has 35 heavy (non-hydrogen) atoms. The molecule has 1 saturated heterocycles. The second kappa shape index (κ2) is 9.11. The van der Waals surface area contributed by atoms with E-state index in [1.54, 1.807) is 12.3 Å². The normalized spacial score (nSPS) is 18.7. The summed E-state index contributed by atoms with van der Waals surface area (Å²) in [4.78, 5) is 37.8. The van der Waals surface area contributed by atoms with Gasteiger partial charge in [-0.3, -0.25) is 14.6 Å². The second-order valence-electron chi connectivity index (χ2n) is 9.15. The molecule has 2 atom stereocenters. The molecule has 2 unspecified atom stereocenters. The van der Waals surface area contributed by atoms with Gasteiger partial charge in [-0.25, -0.2) is 4.98 Å². The first-order valence-corrected chi connectivity index (χ1v) is 12.7. The summed E-state index contributed by atoms with van der Waals surface area (Å²) < 4.78 is 1.93. The number of nitrogens with zero attached hydrogens (tertiary/aromatic N) is 4. The molecule has 1 fully saturated rings. The lowest BCUT2D eigenvalue weighted by atomic mass is 9.83. The third-order valence-corrected chi connectivity index (χ3v) is 7.89. The third-order valence-electron chi connectivity index (χ3n) is 6.78. The fraction of sp³-hybridized carbons (Fsp3) is 0.259. The highest BCUT2D eigenvalue weighted by Gasteiger charge is 2.36. The molecule has 6 rings (SSSR count). The summed E-state index contributed by atoms with van der Waals surface area (Å²) in [5.74, 6) is 0.515. The summed E-state index contributed by atoms with van der Waals surface area (Å²) in [6, 6.07) is 21.1. The van der Waals surface area contributed by atoms with E-state index < -0.39 is 0 Å². The van der Waals surface area contributed by atoms with E-state index in [-0.39, 0.29) is 17.4 Å². The van der Waals surface area contributed by atoms with Crippen LogP contribution in [-0.4, -0.2) is 33.5 Å². The summed E-state index contributed by atoms with van der Waals surface area (Å²) in [5, 5.41) is 3.87. The summed E-state index contributed by atoms with van der Waals surface area (Å²) in [5.41, 5.74) is 3.62. The van der Waals surface area contributed by atoms with Gasteiger partial charge in [0.15, 0.2) is 5.13 Å². The molecule has 7 nitrogen and oxygen atoms in total. The molecule has 2 aliphatic heterocycles. The van der Waals surface area contributed by atoms with Crippen molar-refractivity contribution in [3.8, 4) is 11.3 Å². The number of rotatable bonds is 5. The number of hydrogen-bond acceptors (Lipinski definition) is 6. The molecule has 1 aromatic carbocycles. The zero-order valence-corrected chi connectivity index (χ0v) is 19.9. The number of nitrogens with one attached hydrogen (secondary N) is 1. The number of fused-ring (bicyclic) bond motifs is 4. The van der Waals surface area contributed by atoms with Crippen LogP contribution in [0.1, 0.15) is 33.4 Å². The molecule has 3 aromatic heterocycles. The first-order chi connectivity index (χ1) is 17.2. The van der Waals surface area contributed by atoms with Crippen LogP contribution in [0, 0.1) is 5.92 Å². The molecule has 5 heterocycles. The minimum atomic E-state index is -0.146. The maximum atomic E-state index is 13.3. The van der Waals surface area contributed by atoms with E-state index >= 15 is 0 Å². The van der Waals surface area contributed by atoms with Crippen LogP contribution in [0.4, 0.5) is 5.13 Å². The Kier molecular flexibility index (Phi) is 5.66. The zero-order valence-electron chi connectivity index (χ0n) is 19.1. The molecule has 8 heteroatoms. The minimum absolute atomic E-state index is 0.0816. The number of thiazole rings is 1. The van der Waals surface area contributed by atoms with Crippen molar-refractivity contribution in [1.82, 2.24) is 19.9 Å². The van der Waals surface area contributed by atoms with Gasteiger partial charge in [-0.2, -0.15) is 0 Å². The van der Waals surface area contributed by atoms with Crippen LogP contribution in [0.2, 0.25) is 0 Å².